The Bertz CT molecular complexity index is 4200. The maximum atomic E-state index is 13.9. The predicted octanol–water partition coefficient (Wildman–Crippen LogP) is 12.6. The van der Waals surface area contributed by atoms with Crippen molar-refractivity contribution in [2.45, 2.75) is 210 Å². The number of nitrogens with one attached hydrogen (secondary N) is 7. The molecule has 608 valence electrons. The molecule has 0 aliphatic carbocycles. The number of amides is 3. The molecule has 0 radical (unpaired) electrons. The number of nitrogens with zero attached hydrogens (tertiary/aromatic N) is 2. The van der Waals surface area contributed by atoms with Crippen LogP contribution in [0.3, 0.4) is 0 Å². The van der Waals surface area contributed by atoms with E-state index in [0.717, 1.165) is 94.0 Å². The molecule has 0 aromatic heterocycles. The Morgan fingerprint density at radius 1 is 0.438 bits per heavy atom. The van der Waals surface area contributed by atoms with E-state index < -0.39 is 76.9 Å². The summed E-state index contributed by atoms with van der Waals surface area (Å²) in [6.07, 6.45) is 2.74. The van der Waals surface area contributed by atoms with Crippen LogP contribution in [0, 0.1) is 34.9 Å². The molecule has 0 spiro atoms. The van der Waals surface area contributed by atoms with Crippen LogP contribution in [0.15, 0.2) is 158 Å². The van der Waals surface area contributed by atoms with Crippen molar-refractivity contribution < 1.29 is 60.8 Å². The van der Waals surface area contributed by atoms with Gasteiger partial charge in [0, 0.05) is 83.8 Å². The van der Waals surface area contributed by atoms with Gasteiger partial charge in [0.05, 0.1) is 59.6 Å². The summed E-state index contributed by atoms with van der Waals surface area (Å²) in [6, 6.07) is 42.4. The molecule has 0 saturated carbocycles. The van der Waals surface area contributed by atoms with E-state index in [9.17, 15) is 60.8 Å². The van der Waals surface area contributed by atoms with Gasteiger partial charge < -0.3 is 57.4 Å². The largest absolute Gasteiger partial charge is 0.390 e. The van der Waals surface area contributed by atoms with Gasteiger partial charge in [0.25, 0.3) is 0 Å². The molecule has 3 fully saturated rings. The first-order valence-electron chi connectivity index (χ1n) is 39.2. The van der Waals surface area contributed by atoms with Gasteiger partial charge in [0.1, 0.15) is 34.9 Å². The maximum Gasteiger partial charge on any atom is 0.217 e. The molecule has 3 saturated heterocycles. The molecule has 3 aliphatic rings. The van der Waals surface area contributed by atoms with Gasteiger partial charge in [-0.25, -0.2) is 26.3 Å². The minimum Gasteiger partial charge on any atom is -0.390 e. The number of aliphatic hydroxyl groups is 3. The summed E-state index contributed by atoms with van der Waals surface area (Å²) in [5.41, 5.74) is 7.44. The number of halogens is 6. The summed E-state index contributed by atoms with van der Waals surface area (Å²) in [4.78, 5) is 53.3. The number of hydrogen-bond donors (Lipinski definition) is 10. The van der Waals surface area contributed by atoms with Crippen molar-refractivity contribution in [3.8, 4) is 0 Å². The van der Waals surface area contributed by atoms with Gasteiger partial charge >= 0.3 is 0 Å². The van der Waals surface area contributed by atoms with E-state index in [2.05, 4.69) is 183 Å². The van der Waals surface area contributed by atoms with E-state index in [1.54, 1.807) is 0 Å². The first-order valence-corrected chi connectivity index (χ1v) is 39.2. The van der Waals surface area contributed by atoms with E-state index in [4.69, 9.17) is 0 Å². The Kier molecular flexibility index (Phi) is 31.7. The molecular weight excluding hydrogens is 1430 g/mol. The molecule has 7 aromatic carbocycles. The molecule has 112 heavy (non-hydrogen) atoms. The van der Waals surface area contributed by atoms with Gasteiger partial charge in [0.15, 0.2) is 5.78 Å². The zero-order chi connectivity index (χ0) is 81.9. The fourth-order valence-electron chi connectivity index (χ4n) is 15.6. The number of Topliss-reactive ketones (excluding diaryl/α,β-unsaturated/α-hetero) is 1. The Morgan fingerprint density at radius 3 is 1.12 bits per heavy atom. The fraction of sp³-hybridized carbons (Fsp3) is 0.489. The van der Waals surface area contributed by atoms with Gasteiger partial charge in [-0.3, -0.25) is 24.1 Å². The molecule has 10 N–H and O–H groups in total. The van der Waals surface area contributed by atoms with E-state index in [1.165, 1.54) is 79.4 Å². The van der Waals surface area contributed by atoms with Crippen molar-refractivity contribution in [3.63, 3.8) is 0 Å². The molecule has 3 amide bonds. The quantitative estimate of drug-likeness (QED) is 0.0171. The number of hydrogen-bond acceptors (Lipinski definition) is 13. The maximum absolute atomic E-state index is 13.9. The highest BCUT2D eigenvalue weighted by molar-refractivity contribution is 5.97. The lowest BCUT2D eigenvalue weighted by Crippen LogP contribution is -2.58. The Hall–Kier alpha value is -8.16. The number of aliphatic hydroxyl groups excluding tert-OH is 3. The van der Waals surface area contributed by atoms with Crippen LogP contribution in [0.25, 0.3) is 0 Å². The zero-order valence-corrected chi connectivity index (χ0v) is 67.5. The standard InChI is InChI=1S/C35H43F2N3O3.C28H39F2N3O2.C27H37F2N3O2/c1-24(41)39-31(18-25-16-29(36)20-30(37)17-25)32(42)21-38-35(28-13-8-12-27(19-28)34(2,3)4)14-9-15-40(23-35)22-33(43)26-10-6-5-7-11-26;1-19(34)32-25(14-20-12-23(29)16-24(30)13-20)26(35)17-31-28(10-7-11-33(5)18-28)22-9-6-8-21(15-22)27(2,3)4;1-18(33)32-24(13-19-11-22(28)15-23(29)12-19)25(34)16-31-27(9-6-10-30-17-27)21-8-5-7-20(14-21)26(2,3)4/h5-8,10-13,16-17,19-20,31-32,38,42H,9,14-15,18,21-23H2,1-4H3,(H,39,41);6,8-9,12-13,15-16,25-26,31,35H,7,10-11,14,17-18H2,1-5H3,(H,32,34);5,7-8,11-12,14-15,24-25,30-31,34H,6,9-10,13,16-17H2,1-4H3,(H,32,33). The van der Waals surface area contributed by atoms with Crippen LogP contribution in [0.1, 0.15) is 182 Å². The normalized spacial score (nSPS) is 20.1. The average molecular weight is 1550 g/mol. The van der Waals surface area contributed by atoms with Crippen LogP contribution in [0.4, 0.5) is 26.3 Å². The number of carbonyl (C=O) groups excluding carboxylic acids is 4. The van der Waals surface area contributed by atoms with Gasteiger partial charge in [-0.05, 0) is 187 Å². The van der Waals surface area contributed by atoms with E-state index in [1.807, 2.05) is 36.4 Å². The minimum absolute atomic E-state index is 0.00795. The van der Waals surface area contributed by atoms with Crippen molar-refractivity contribution in [2.75, 3.05) is 72.5 Å². The average Bonchev–Trinajstić information content (AvgIpc) is 0.798. The molecule has 3 aliphatic heterocycles. The monoisotopic (exact) mass is 1550 g/mol. The molecule has 10 rings (SSSR count). The smallest absolute Gasteiger partial charge is 0.217 e. The lowest BCUT2D eigenvalue weighted by atomic mass is 9.78. The van der Waals surface area contributed by atoms with Gasteiger partial charge in [-0.15, -0.1) is 0 Å². The predicted molar refractivity (Wildman–Crippen MR) is 431 cm³/mol. The Labute approximate surface area is 659 Å². The number of piperidine rings is 3. The van der Waals surface area contributed by atoms with E-state index >= 15 is 0 Å². The third-order valence-electron chi connectivity index (χ3n) is 21.6. The summed E-state index contributed by atoms with van der Waals surface area (Å²) in [5, 5.41) is 56.1. The van der Waals surface area contributed by atoms with Crippen molar-refractivity contribution in [1.29, 1.82) is 0 Å². The molecule has 3 heterocycles. The third kappa shape index (κ3) is 26.5. The molecule has 0 bridgehead atoms. The molecule has 7 aromatic rings. The number of benzene rings is 7. The second-order valence-electron chi connectivity index (χ2n) is 34.2. The van der Waals surface area contributed by atoms with E-state index in [0.29, 0.717) is 35.3 Å². The summed E-state index contributed by atoms with van der Waals surface area (Å²) >= 11 is 0. The highest BCUT2D eigenvalue weighted by Crippen LogP contribution is 2.38. The zero-order valence-electron chi connectivity index (χ0n) is 67.5. The highest BCUT2D eigenvalue weighted by Gasteiger charge is 2.42. The van der Waals surface area contributed by atoms with Crippen LogP contribution in [-0.2, 0) is 66.5 Å². The summed E-state index contributed by atoms with van der Waals surface area (Å²) in [5.74, 6) is -5.09. The Balaban J connectivity index is 0.000000213. The van der Waals surface area contributed by atoms with Crippen LogP contribution >= 0.6 is 0 Å². The molecule has 9 atom stereocenters. The van der Waals surface area contributed by atoms with Crippen molar-refractivity contribution in [3.05, 3.63) is 248 Å². The minimum atomic E-state index is -1.06. The number of likely N-dealkylation sites (tertiary alicyclic amines) is 2. The van der Waals surface area contributed by atoms with Gasteiger partial charge in [-0.2, -0.15) is 0 Å². The van der Waals surface area contributed by atoms with Crippen molar-refractivity contribution in [2.24, 2.45) is 0 Å². The Morgan fingerprint density at radius 2 is 0.777 bits per heavy atom. The SMILES string of the molecule is CC(=O)NC(Cc1cc(F)cc(F)c1)C(O)CNC1(c2cccc(C(C)(C)C)c2)CCCN(C)C1.CC(=O)NC(Cc1cc(F)cc(F)c1)C(O)CNC1(c2cccc(C(C)(C)C)c2)CCCN(CC(=O)c2ccccc2)C1.CC(=O)NC(Cc1cc(F)cc(F)c1)C(O)CNC1(c2cccc(C(C)(C)C)c2)CCCNC1. The highest BCUT2D eigenvalue weighted by atomic mass is 19.2. The summed E-state index contributed by atoms with van der Waals surface area (Å²) < 4.78 is 82.6. The molecule has 16 nitrogen and oxygen atoms in total. The van der Waals surface area contributed by atoms with Crippen molar-refractivity contribution >= 4 is 23.5 Å². The van der Waals surface area contributed by atoms with Crippen LogP contribution in [-0.4, -0.2) is 158 Å². The molecular formula is C90H119F6N9O7. The van der Waals surface area contributed by atoms with Crippen molar-refractivity contribution in [1.82, 2.24) is 47.0 Å². The number of carbonyl (C=O) groups is 4. The lowest BCUT2D eigenvalue weighted by Gasteiger charge is -2.45. The number of rotatable bonds is 27. The first kappa shape index (κ1) is 89.4. The summed E-state index contributed by atoms with van der Waals surface area (Å²) in [7, 11) is 2.10. The first-order chi connectivity index (χ1) is 52.7. The van der Waals surface area contributed by atoms with Gasteiger partial charge in [-0.1, -0.05) is 165 Å². The van der Waals surface area contributed by atoms with Crippen LogP contribution in [0.5, 0.6) is 0 Å². The van der Waals surface area contributed by atoms with Gasteiger partial charge in [0.2, 0.25) is 17.7 Å². The fourth-order valence-corrected chi connectivity index (χ4v) is 15.6. The van der Waals surface area contributed by atoms with E-state index in [-0.39, 0.29) is 96.3 Å². The summed E-state index contributed by atoms with van der Waals surface area (Å²) in [6.45, 7) is 29.3. The number of likely N-dealkylation sites (N-methyl/N-ethyl adjacent to an activating group) is 1. The lowest BCUT2D eigenvalue weighted by molar-refractivity contribution is -0.121. The second kappa shape index (κ2) is 39.7. The third-order valence-corrected chi connectivity index (χ3v) is 21.6. The molecule has 22 heteroatoms. The second-order valence-corrected chi connectivity index (χ2v) is 34.2. The van der Waals surface area contributed by atoms with Crippen LogP contribution in [0.2, 0.25) is 0 Å². The number of ketones is 1. The van der Waals surface area contributed by atoms with Crippen LogP contribution < -0.4 is 37.2 Å². The topological polar surface area (TPSA) is 220 Å². The molecule has 9 unspecified atom stereocenters.